The Balaban J connectivity index is 1.31. The molecule has 0 aliphatic heterocycles. The van der Waals surface area contributed by atoms with Crippen LogP contribution in [-0.4, -0.2) is 4.98 Å². The van der Waals surface area contributed by atoms with Crippen LogP contribution in [0, 0.1) is 0 Å². The van der Waals surface area contributed by atoms with Gasteiger partial charge in [-0.3, -0.25) is 4.98 Å². The lowest BCUT2D eigenvalue weighted by atomic mass is 9.81. The van der Waals surface area contributed by atoms with Crippen LogP contribution in [0.2, 0.25) is 0 Å². The smallest absolute Gasteiger partial charge is 0.0708 e. The van der Waals surface area contributed by atoms with E-state index in [1.807, 2.05) is 12.3 Å². The average molecular weight is 498 g/mol. The van der Waals surface area contributed by atoms with Crippen LogP contribution in [0.15, 0.2) is 128 Å². The van der Waals surface area contributed by atoms with Gasteiger partial charge in [0.2, 0.25) is 0 Å². The molecule has 1 aromatic heterocycles. The van der Waals surface area contributed by atoms with Crippen molar-refractivity contribution in [3.8, 4) is 33.4 Å². The van der Waals surface area contributed by atoms with Crippen LogP contribution in [0.5, 0.6) is 0 Å². The fourth-order valence-corrected chi connectivity index (χ4v) is 6.66. The molecule has 8 rings (SSSR count). The molecular formula is C38H27N. The maximum Gasteiger partial charge on any atom is 0.0708 e. The minimum Gasteiger partial charge on any atom is -0.256 e. The highest BCUT2D eigenvalue weighted by atomic mass is 14.6. The largest absolute Gasteiger partial charge is 0.256 e. The maximum absolute atomic E-state index is 4.62. The first kappa shape index (κ1) is 22.3. The molecule has 184 valence electrons. The van der Waals surface area contributed by atoms with Crippen molar-refractivity contribution in [1.82, 2.24) is 4.98 Å². The van der Waals surface area contributed by atoms with Gasteiger partial charge in [0.1, 0.15) is 0 Å². The van der Waals surface area contributed by atoms with E-state index in [2.05, 4.69) is 134 Å². The summed E-state index contributed by atoms with van der Waals surface area (Å²) in [7, 11) is 0. The van der Waals surface area contributed by atoms with Crippen LogP contribution in [0.25, 0.3) is 65.8 Å². The third kappa shape index (κ3) is 3.30. The number of benzene rings is 6. The fourth-order valence-electron chi connectivity index (χ4n) is 6.66. The number of fused-ring (bicyclic) bond motifs is 7. The van der Waals surface area contributed by atoms with Gasteiger partial charge >= 0.3 is 0 Å². The lowest BCUT2D eigenvalue weighted by molar-refractivity contribution is 0.660. The molecule has 39 heavy (non-hydrogen) atoms. The van der Waals surface area contributed by atoms with E-state index in [4.69, 9.17) is 0 Å². The number of nitrogens with zero attached hydrogens (tertiary/aromatic N) is 1. The monoisotopic (exact) mass is 497 g/mol. The summed E-state index contributed by atoms with van der Waals surface area (Å²) in [5.41, 5.74) is 11.5. The predicted molar refractivity (Wildman–Crippen MR) is 165 cm³/mol. The first-order valence-electron chi connectivity index (χ1n) is 13.6. The molecule has 0 bridgehead atoms. The minimum atomic E-state index is -0.00902. The van der Waals surface area contributed by atoms with E-state index in [0.717, 1.165) is 5.52 Å². The third-order valence-electron chi connectivity index (χ3n) is 8.67. The molecule has 0 amide bonds. The molecule has 1 aliphatic rings. The lowest BCUT2D eigenvalue weighted by Crippen LogP contribution is -2.14. The van der Waals surface area contributed by atoms with E-state index >= 15 is 0 Å². The Labute approximate surface area is 228 Å². The van der Waals surface area contributed by atoms with Crippen molar-refractivity contribution in [3.63, 3.8) is 0 Å². The van der Waals surface area contributed by atoms with Gasteiger partial charge in [-0.05, 0) is 102 Å². The van der Waals surface area contributed by atoms with Crippen LogP contribution in [0.1, 0.15) is 25.0 Å². The standard InChI is InChI=1S/C38H27N/c1-38(2)35-15-6-5-14-31(35)32-17-16-25(22-36(32)38)24-9-7-10-26(19-24)33-21-28-23-37-27(11-8-18-39-37)20-34(28)30-13-4-3-12-29(30)33/h3-23H,1-2H3. The van der Waals surface area contributed by atoms with Gasteiger partial charge in [-0.15, -0.1) is 0 Å². The van der Waals surface area contributed by atoms with Gasteiger partial charge in [0.05, 0.1) is 5.52 Å². The molecule has 0 saturated heterocycles. The van der Waals surface area contributed by atoms with E-state index in [1.54, 1.807) is 0 Å². The summed E-state index contributed by atoms with van der Waals surface area (Å²) in [6, 6.07) is 44.6. The van der Waals surface area contributed by atoms with Crippen molar-refractivity contribution in [1.29, 1.82) is 0 Å². The number of aromatic nitrogens is 1. The zero-order valence-electron chi connectivity index (χ0n) is 22.1. The van der Waals surface area contributed by atoms with Gasteiger partial charge in [-0.2, -0.15) is 0 Å². The highest BCUT2D eigenvalue weighted by Gasteiger charge is 2.35. The zero-order chi connectivity index (χ0) is 26.1. The van der Waals surface area contributed by atoms with Crippen LogP contribution in [0.4, 0.5) is 0 Å². The lowest BCUT2D eigenvalue weighted by Gasteiger charge is -2.22. The average Bonchev–Trinajstić information content (AvgIpc) is 3.22. The van der Waals surface area contributed by atoms with Crippen molar-refractivity contribution >= 4 is 32.4 Å². The van der Waals surface area contributed by atoms with Crippen molar-refractivity contribution in [2.75, 3.05) is 0 Å². The van der Waals surface area contributed by atoms with Gasteiger partial charge in [-0.1, -0.05) is 98.8 Å². The van der Waals surface area contributed by atoms with Gasteiger partial charge in [0.15, 0.2) is 0 Å². The Bertz CT molecular complexity index is 2100. The second kappa shape index (κ2) is 8.12. The molecule has 0 spiro atoms. The molecule has 0 saturated carbocycles. The normalized spacial score (nSPS) is 13.6. The first-order chi connectivity index (χ1) is 19.1. The molecule has 1 nitrogen and oxygen atoms in total. The zero-order valence-corrected chi connectivity index (χ0v) is 22.1. The van der Waals surface area contributed by atoms with E-state index in [0.29, 0.717) is 0 Å². The van der Waals surface area contributed by atoms with Crippen molar-refractivity contribution in [2.24, 2.45) is 0 Å². The molecule has 0 radical (unpaired) electrons. The molecule has 7 aromatic rings. The van der Waals surface area contributed by atoms with Crippen LogP contribution < -0.4 is 0 Å². The van der Waals surface area contributed by atoms with Crippen molar-refractivity contribution < 1.29 is 0 Å². The van der Waals surface area contributed by atoms with E-state index < -0.39 is 0 Å². The highest BCUT2D eigenvalue weighted by Crippen LogP contribution is 2.49. The first-order valence-corrected chi connectivity index (χ1v) is 13.6. The number of hydrogen-bond donors (Lipinski definition) is 0. The summed E-state index contributed by atoms with van der Waals surface area (Å²) in [4.78, 5) is 4.62. The molecule has 0 fully saturated rings. The quantitative estimate of drug-likeness (QED) is 0.171. The predicted octanol–water partition coefficient (Wildman–Crippen LogP) is 10.2. The van der Waals surface area contributed by atoms with Gasteiger partial charge in [0, 0.05) is 17.0 Å². The number of hydrogen-bond acceptors (Lipinski definition) is 1. The van der Waals surface area contributed by atoms with Crippen molar-refractivity contribution in [2.45, 2.75) is 19.3 Å². The maximum atomic E-state index is 4.62. The Hall–Kier alpha value is -4.75. The Morgan fingerprint density at radius 1 is 0.462 bits per heavy atom. The molecule has 0 N–H and O–H groups in total. The SMILES string of the molecule is CC1(C)c2ccccc2-c2ccc(-c3cccc(-c4cc5cc6ncccc6cc5c5ccccc45)c3)cc21. The molecule has 1 heteroatoms. The molecule has 0 unspecified atom stereocenters. The molecule has 1 heterocycles. The van der Waals surface area contributed by atoms with Crippen LogP contribution in [-0.2, 0) is 5.41 Å². The Morgan fingerprint density at radius 2 is 1.23 bits per heavy atom. The second-order valence-electron chi connectivity index (χ2n) is 11.3. The van der Waals surface area contributed by atoms with E-state index in [9.17, 15) is 0 Å². The molecule has 0 atom stereocenters. The minimum absolute atomic E-state index is 0.00902. The van der Waals surface area contributed by atoms with Crippen molar-refractivity contribution in [3.05, 3.63) is 139 Å². The van der Waals surface area contributed by atoms with E-state index in [-0.39, 0.29) is 5.41 Å². The number of rotatable bonds is 2. The summed E-state index contributed by atoms with van der Waals surface area (Å²) in [6.07, 6.45) is 1.87. The summed E-state index contributed by atoms with van der Waals surface area (Å²) in [5, 5.41) is 6.21. The summed E-state index contributed by atoms with van der Waals surface area (Å²) < 4.78 is 0. The summed E-state index contributed by atoms with van der Waals surface area (Å²) in [5.74, 6) is 0. The van der Waals surface area contributed by atoms with Crippen LogP contribution in [0.3, 0.4) is 0 Å². The molecular weight excluding hydrogens is 470 g/mol. The van der Waals surface area contributed by atoms with Gasteiger partial charge < -0.3 is 0 Å². The Kier molecular flexibility index (Phi) is 4.63. The molecule has 6 aromatic carbocycles. The summed E-state index contributed by atoms with van der Waals surface area (Å²) >= 11 is 0. The second-order valence-corrected chi connectivity index (χ2v) is 11.3. The summed E-state index contributed by atoms with van der Waals surface area (Å²) in [6.45, 7) is 4.69. The van der Waals surface area contributed by atoms with Gasteiger partial charge in [0.25, 0.3) is 0 Å². The topological polar surface area (TPSA) is 12.9 Å². The highest BCUT2D eigenvalue weighted by molar-refractivity contribution is 6.16. The third-order valence-corrected chi connectivity index (χ3v) is 8.67. The Morgan fingerprint density at radius 3 is 2.15 bits per heavy atom. The molecule has 1 aliphatic carbocycles. The van der Waals surface area contributed by atoms with E-state index in [1.165, 1.54) is 71.4 Å². The van der Waals surface area contributed by atoms with Crippen LogP contribution >= 0.6 is 0 Å². The number of pyridine rings is 1. The fraction of sp³-hybridized carbons (Fsp3) is 0.0789. The van der Waals surface area contributed by atoms with Gasteiger partial charge in [-0.25, -0.2) is 0 Å².